The molecular formula is C18H15BrN2O3. The van der Waals surface area contributed by atoms with Crippen LogP contribution in [-0.2, 0) is 4.79 Å². The number of halogens is 1. The standard InChI is InChI=1S/C18H15BrN2O3/c1-10-9-12(7-8-15(10)19)20-16(22)11(2)21-17(23)13-5-3-4-6-14(13)18(21)24/h3-9,11H,1-2H3,(H,20,22). The molecule has 1 unspecified atom stereocenters. The van der Waals surface area contributed by atoms with Crippen LogP contribution in [0, 0.1) is 6.92 Å². The van der Waals surface area contributed by atoms with E-state index in [0.29, 0.717) is 16.8 Å². The summed E-state index contributed by atoms with van der Waals surface area (Å²) < 4.78 is 0.939. The zero-order valence-corrected chi connectivity index (χ0v) is 14.8. The number of rotatable bonds is 3. The molecule has 6 heteroatoms. The van der Waals surface area contributed by atoms with Crippen molar-refractivity contribution in [1.29, 1.82) is 0 Å². The van der Waals surface area contributed by atoms with Crippen LogP contribution in [0.25, 0.3) is 0 Å². The summed E-state index contributed by atoms with van der Waals surface area (Å²) in [6.45, 7) is 3.45. The second kappa shape index (κ2) is 6.20. The maximum atomic E-state index is 12.5. The summed E-state index contributed by atoms with van der Waals surface area (Å²) in [5.41, 5.74) is 2.26. The molecule has 0 aliphatic carbocycles. The van der Waals surface area contributed by atoms with E-state index in [1.54, 1.807) is 37.3 Å². The van der Waals surface area contributed by atoms with E-state index in [4.69, 9.17) is 0 Å². The number of amides is 3. The molecule has 1 heterocycles. The van der Waals surface area contributed by atoms with Crippen molar-refractivity contribution in [2.45, 2.75) is 19.9 Å². The first-order chi connectivity index (χ1) is 11.4. The molecule has 5 nitrogen and oxygen atoms in total. The van der Waals surface area contributed by atoms with Gasteiger partial charge in [-0.1, -0.05) is 28.1 Å². The van der Waals surface area contributed by atoms with Gasteiger partial charge in [0.25, 0.3) is 11.8 Å². The van der Waals surface area contributed by atoms with E-state index in [1.807, 2.05) is 19.1 Å². The number of fused-ring (bicyclic) bond motifs is 1. The fourth-order valence-electron chi connectivity index (χ4n) is 2.65. The number of aryl methyl sites for hydroxylation is 1. The van der Waals surface area contributed by atoms with Gasteiger partial charge in [0.1, 0.15) is 6.04 Å². The molecule has 0 spiro atoms. The van der Waals surface area contributed by atoms with Crippen molar-refractivity contribution in [1.82, 2.24) is 4.90 Å². The van der Waals surface area contributed by atoms with Gasteiger partial charge in [-0.3, -0.25) is 19.3 Å². The first-order valence-electron chi connectivity index (χ1n) is 7.44. The van der Waals surface area contributed by atoms with E-state index in [9.17, 15) is 14.4 Å². The molecule has 1 N–H and O–H groups in total. The molecule has 0 fully saturated rings. The molecule has 24 heavy (non-hydrogen) atoms. The van der Waals surface area contributed by atoms with Crippen LogP contribution in [0.3, 0.4) is 0 Å². The first-order valence-corrected chi connectivity index (χ1v) is 8.23. The molecule has 3 rings (SSSR count). The fraction of sp³-hybridized carbons (Fsp3) is 0.167. The van der Waals surface area contributed by atoms with Crippen molar-refractivity contribution in [3.8, 4) is 0 Å². The van der Waals surface area contributed by atoms with Crippen LogP contribution >= 0.6 is 15.9 Å². The van der Waals surface area contributed by atoms with Gasteiger partial charge in [0.2, 0.25) is 5.91 Å². The van der Waals surface area contributed by atoms with Crippen molar-refractivity contribution in [2.75, 3.05) is 5.32 Å². The molecular weight excluding hydrogens is 372 g/mol. The predicted octanol–water partition coefficient (Wildman–Crippen LogP) is 3.38. The highest BCUT2D eigenvalue weighted by Crippen LogP contribution is 2.25. The number of anilines is 1. The average molecular weight is 387 g/mol. The second-order valence-electron chi connectivity index (χ2n) is 5.66. The lowest BCUT2D eigenvalue weighted by atomic mass is 10.1. The number of imide groups is 1. The zero-order valence-electron chi connectivity index (χ0n) is 13.2. The number of hydrogen-bond donors (Lipinski definition) is 1. The molecule has 0 aromatic heterocycles. The van der Waals surface area contributed by atoms with E-state index in [1.165, 1.54) is 0 Å². The highest BCUT2D eigenvalue weighted by molar-refractivity contribution is 9.10. The summed E-state index contributed by atoms with van der Waals surface area (Å²) in [6, 6.07) is 11.1. The van der Waals surface area contributed by atoms with Gasteiger partial charge in [-0.25, -0.2) is 0 Å². The minimum absolute atomic E-state index is 0.335. The van der Waals surface area contributed by atoms with Gasteiger partial charge in [-0.15, -0.1) is 0 Å². The van der Waals surface area contributed by atoms with E-state index in [2.05, 4.69) is 21.2 Å². The summed E-state index contributed by atoms with van der Waals surface area (Å²) in [5, 5.41) is 2.75. The van der Waals surface area contributed by atoms with E-state index >= 15 is 0 Å². The third-order valence-electron chi connectivity index (χ3n) is 4.02. The van der Waals surface area contributed by atoms with Gasteiger partial charge in [0.05, 0.1) is 11.1 Å². The van der Waals surface area contributed by atoms with E-state index in [-0.39, 0.29) is 0 Å². The lowest BCUT2D eigenvalue weighted by molar-refractivity contribution is -0.119. The zero-order chi connectivity index (χ0) is 17.4. The van der Waals surface area contributed by atoms with Gasteiger partial charge in [-0.05, 0) is 49.7 Å². The third-order valence-corrected chi connectivity index (χ3v) is 4.91. The van der Waals surface area contributed by atoms with Crippen LogP contribution in [0.5, 0.6) is 0 Å². The van der Waals surface area contributed by atoms with E-state index < -0.39 is 23.8 Å². The molecule has 0 radical (unpaired) electrons. The Balaban J connectivity index is 1.80. The molecule has 0 saturated heterocycles. The van der Waals surface area contributed by atoms with Gasteiger partial charge >= 0.3 is 0 Å². The topological polar surface area (TPSA) is 66.5 Å². The summed E-state index contributed by atoms with van der Waals surface area (Å²) >= 11 is 3.40. The van der Waals surface area contributed by atoms with Crippen LogP contribution in [0.4, 0.5) is 5.69 Å². The molecule has 0 saturated carbocycles. The fourth-order valence-corrected chi connectivity index (χ4v) is 2.89. The summed E-state index contributed by atoms with van der Waals surface area (Å²) in [7, 11) is 0. The summed E-state index contributed by atoms with van der Waals surface area (Å²) in [5.74, 6) is -1.29. The van der Waals surface area contributed by atoms with Crippen molar-refractivity contribution in [2.24, 2.45) is 0 Å². The van der Waals surface area contributed by atoms with Crippen molar-refractivity contribution >= 4 is 39.3 Å². The molecule has 1 atom stereocenters. The molecule has 3 amide bonds. The summed E-state index contributed by atoms with van der Waals surface area (Å²) in [6.07, 6.45) is 0. The highest BCUT2D eigenvalue weighted by atomic mass is 79.9. The number of carbonyl (C=O) groups is 3. The lowest BCUT2D eigenvalue weighted by Gasteiger charge is -2.21. The van der Waals surface area contributed by atoms with Gasteiger partial charge < -0.3 is 5.32 Å². The maximum absolute atomic E-state index is 12.5. The molecule has 1 aliphatic heterocycles. The van der Waals surface area contributed by atoms with Crippen molar-refractivity contribution < 1.29 is 14.4 Å². The van der Waals surface area contributed by atoms with Crippen LogP contribution < -0.4 is 5.32 Å². The smallest absolute Gasteiger partial charge is 0.262 e. The third kappa shape index (κ3) is 2.73. The number of hydrogen-bond acceptors (Lipinski definition) is 3. The monoisotopic (exact) mass is 386 g/mol. The molecule has 0 bridgehead atoms. The lowest BCUT2D eigenvalue weighted by Crippen LogP contribution is -2.45. The quantitative estimate of drug-likeness (QED) is 0.822. The SMILES string of the molecule is Cc1cc(NC(=O)C(C)N2C(=O)c3ccccc3C2=O)ccc1Br. The maximum Gasteiger partial charge on any atom is 0.262 e. The van der Waals surface area contributed by atoms with Crippen molar-refractivity contribution in [3.05, 3.63) is 63.6 Å². The Labute approximate surface area is 147 Å². The predicted molar refractivity (Wildman–Crippen MR) is 93.9 cm³/mol. The Bertz CT molecular complexity index is 828. The normalized spacial score (nSPS) is 14.5. The van der Waals surface area contributed by atoms with Gasteiger partial charge in [0.15, 0.2) is 0 Å². The largest absolute Gasteiger partial charge is 0.324 e. The van der Waals surface area contributed by atoms with Crippen LogP contribution in [0.15, 0.2) is 46.9 Å². The number of nitrogens with one attached hydrogen (secondary N) is 1. The Hall–Kier alpha value is -2.47. The molecule has 122 valence electrons. The van der Waals surface area contributed by atoms with Crippen LogP contribution in [-0.4, -0.2) is 28.7 Å². The Morgan fingerprint density at radius 1 is 1.08 bits per heavy atom. The average Bonchev–Trinajstić information content (AvgIpc) is 2.82. The minimum Gasteiger partial charge on any atom is -0.324 e. The Morgan fingerprint density at radius 3 is 2.21 bits per heavy atom. The Kier molecular flexibility index (Phi) is 4.24. The summed E-state index contributed by atoms with van der Waals surface area (Å²) in [4.78, 5) is 38.3. The van der Waals surface area contributed by atoms with Gasteiger partial charge in [-0.2, -0.15) is 0 Å². The van der Waals surface area contributed by atoms with Crippen molar-refractivity contribution in [3.63, 3.8) is 0 Å². The number of nitrogens with zero attached hydrogens (tertiary/aromatic N) is 1. The second-order valence-corrected chi connectivity index (χ2v) is 6.51. The molecule has 1 aliphatic rings. The van der Waals surface area contributed by atoms with Crippen LogP contribution in [0.1, 0.15) is 33.2 Å². The Morgan fingerprint density at radius 2 is 1.67 bits per heavy atom. The minimum atomic E-state index is -0.902. The first kappa shape index (κ1) is 16.4. The van der Waals surface area contributed by atoms with E-state index in [0.717, 1.165) is 14.9 Å². The van der Waals surface area contributed by atoms with Gasteiger partial charge in [0, 0.05) is 10.2 Å². The highest BCUT2D eigenvalue weighted by Gasteiger charge is 2.40. The molecule has 2 aromatic carbocycles. The number of benzene rings is 2. The number of carbonyl (C=O) groups excluding carboxylic acids is 3. The van der Waals surface area contributed by atoms with Crippen LogP contribution in [0.2, 0.25) is 0 Å². The molecule has 2 aromatic rings.